The van der Waals surface area contributed by atoms with Gasteiger partial charge in [-0.3, -0.25) is 4.79 Å². The van der Waals surface area contributed by atoms with Crippen LogP contribution in [0.25, 0.3) is 0 Å². The molecule has 1 rings (SSSR count). The van der Waals surface area contributed by atoms with Crippen molar-refractivity contribution in [2.45, 2.75) is 90.8 Å². The second-order valence-corrected chi connectivity index (χ2v) is 6.60. The Morgan fingerprint density at radius 3 is 2.32 bits per heavy atom. The van der Waals surface area contributed by atoms with Gasteiger partial charge in [-0.2, -0.15) is 0 Å². The van der Waals surface area contributed by atoms with Gasteiger partial charge in [0.15, 0.2) is 0 Å². The van der Waals surface area contributed by atoms with Crippen LogP contribution in [0.1, 0.15) is 72.6 Å². The van der Waals surface area contributed by atoms with E-state index in [1.165, 1.54) is 25.7 Å². The average molecular weight is 268 g/mol. The molecule has 0 aromatic heterocycles. The highest BCUT2D eigenvalue weighted by atomic mass is 16.2. The SMILES string of the molecule is CC(C)CCCC(C)NC(C)C(=O)NC1CCCC1. The molecule has 1 aliphatic rings. The quantitative estimate of drug-likeness (QED) is 0.709. The summed E-state index contributed by atoms with van der Waals surface area (Å²) in [6.45, 7) is 8.68. The van der Waals surface area contributed by atoms with Crippen molar-refractivity contribution in [1.82, 2.24) is 10.6 Å². The standard InChI is InChI=1S/C16H32N2O/c1-12(2)8-7-9-13(3)17-14(4)16(19)18-15-10-5-6-11-15/h12-15,17H,5-11H2,1-4H3,(H,18,19). The first-order valence-electron chi connectivity index (χ1n) is 8.05. The molecule has 3 nitrogen and oxygen atoms in total. The molecule has 2 atom stereocenters. The number of hydrogen-bond acceptors (Lipinski definition) is 2. The van der Waals surface area contributed by atoms with Gasteiger partial charge in [0.1, 0.15) is 0 Å². The van der Waals surface area contributed by atoms with E-state index < -0.39 is 0 Å². The molecule has 19 heavy (non-hydrogen) atoms. The summed E-state index contributed by atoms with van der Waals surface area (Å²) >= 11 is 0. The third-order valence-corrected chi connectivity index (χ3v) is 4.05. The molecule has 0 aliphatic heterocycles. The van der Waals surface area contributed by atoms with Gasteiger partial charge in [-0.15, -0.1) is 0 Å². The van der Waals surface area contributed by atoms with Crippen molar-refractivity contribution in [3.05, 3.63) is 0 Å². The highest BCUT2D eigenvalue weighted by Crippen LogP contribution is 2.17. The summed E-state index contributed by atoms with van der Waals surface area (Å²) < 4.78 is 0. The smallest absolute Gasteiger partial charge is 0.237 e. The predicted octanol–water partition coefficient (Wildman–Crippen LogP) is 3.24. The van der Waals surface area contributed by atoms with E-state index in [9.17, 15) is 4.79 Å². The number of hydrogen-bond donors (Lipinski definition) is 2. The Labute approximate surface area is 118 Å². The van der Waals surface area contributed by atoms with Crippen LogP contribution in [0.5, 0.6) is 0 Å². The van der Waals surface area contributed by atoms with Crippen LogP contribution in [0.3, 0.4) is 0 Å². The number of amides is 1. The molecule has 0 heterocycles. The molecule has 0 spiro atoms. The molecular formula is C16H32N2O. The summed E-state index contributed by atoms with van der Waals surface area (Å²) in [5.41, 5.74) is 0. The molecule has 0 bridgehead atoms. The van der Waals surface area contributed by atoms with E-state index in [0.717, 1.165) is 25.2 Å². The topological polar surface area (TPSA) is 41.1 Å². The fourth-order valence-corrected chi connectivity index (χ4v) is 2.81. The zero-order valence-electron chi connectivity index (χ0n) is 13.2. The van der Waals surface area contributed by atoms with Crippen LogP contribution in [0.15, 0.2) is 0 Å². The van der Waals surface area contributed by atoms with E-state index >= 15 is 0 Å². The van der Waals surface area contributed by atoms with Gasteiger partial charge in [-0.25, -0.2) is 0 Å². The number of carbonyl (C=O) groups excluding carboxylic acids is 1. The maximum atomic E-state index is 12.0. The van der Waals surface area contributed by atoms with Crippen molar-refractivity contribution in [3.63, 3.8) is 0 Å². The number of nitrogens with one attached hydrogen (secondary N) is 2. The third-order valence-electron chi connectivity index (χ3n) is 4.05. The molecule has 3 heteroatoms. The first kappa shape index (κ1) is 16.5. The molecule has 112 valence electrons. The predicted molar refractivity (Wildman–Crippen MR) is 81.1 cm³/mol. The Balaban J connectivity index is 2.17. The van der Waals surface area contributed by atoms with E-state index in [0.29, 0.717) is 12.1 Å². The van der Waals surface area contributed by atoms with E-state index in [4.69, 9.17) is 0 Å². The maximum absolute atomic E-state index is 12.0. The van der Waals surface area contributed by atoms with Crippen molar-refractivity contribution in [3.8, 4) is 0 Å². The summed E-state index contributed by atoms with van der Waals surface area (Å²) in [7, 11) is 0. The van der Waals surface area contributed by atoms with Gasteiger partial charge in [-0.05, 0) is 39.0 Å². The first-order chi connectivity index (χ1) is 8.99. The van der Waals surface area contributed by atoms with Crippen LogP contribution in [-0.2, 0) is 4.79 Å². The molecule has 1 saturated carbocycles. The van der Waals surface area contributed by atoms with Crippen LogP contribution in [-0.4, -0.2) is 24.0 Å². The van der Waals surface area contributed by atoms with Crippen molar-refractivity contribution in [2.75, 3.05) is 0 Å². The molecule has 1 aliphatic carbocycles. The summed E-state index contributed by atoms with van der Waals surface area (Å²) in [6, 6.07) is 0.769. The summed E-state index contributed by atoms with van der Waals surface area (Å²) in [5.74, 6) is 0.942. The second-order valence-electron chi connectivity index (χ2n) is 6.60. The van der Waals surface area contributed by atoms with Gasteiger partial charge < -0.3 is 10.6 Å². The molecule has 2 N–H and O–H groups in total. The minimum Gasteiger partial charge on any atom is -0.352 e. The largest absolute Gasteiger partial charge is 0.352 e. The minimum atomic E-state index is -0.0744. The average Bonchev–Trinajstić information content (AvgIpc) is 2.81. The molecule has 0 aromatic rings. The fraction of sp³-hybridized carbons (Fsp3) is 0.938. The van der Waals surface area contributed by atoms with E-state index in [-0.39, 0.29) is 11.9 Å². The van der Waals surface area contributed by atoms with Gasteiger partial charge in [0.05, 0.1) is 6.04 Å². The molecule has 0 aromatic carbocycles. The lowest BCUT2D eigenvalue weighted by atomic mass is 10.0. The Bertz CT molecular complexity index is 259. The zero-order chi connectivity index (χ0) is 14.3. The normalized spacial score (nSPS) is 19.6. The van der Waals surface area contributed by atoms with Gasteiger partial charge in [0.2, 0.25) is 5.91 Å². The van der Waals surface area contributed by atoms with E-state index in [1.54, 1.807) is 0 Å². The van der Waals surface area contributed by atoms with Gasteiger partial charge in [0, 0.05) is 12.1 Å². The molecular weight excluding hydrogens is 236 g/mol. The minimum absolute atomic E-state index is 0.0744. The van der Waals surface area contributed by atoms with Crippen LogP contribution >= 0.6 is 0 Å². The molecule has 1 amide bonds. The fourth-order valence-electron chi connectivity index (χ4n) is 2.81. The molecule has 0 saturated heterocycles. The maximum Gasteiger partial charge on any atom is 0.237 e. The van der Waals surface area contributed by atoms with Crippen molar-refractivity contribution in [2.24, 2.45) is 5.92 Å². The molecule has 1 fully saturated rings. The van der Waals surface area contributed by atoms with Crippen LogP contribution < -0.4 is 10.6 Å². The van der Waals surface area contributed by atoms with Crippen molar-refractivity contribution >= 4 is 5.91 Å². The Hall–Kier alpha value is -0.570. The zero-order valence-corrected chi connectivity index (χ0v) is 13.2. The third kappa shape index (κ3) is 6.95. The van der Waals surface area contributed by atoms with Gasteiger partial charge in [0.25, 0.3) is 0 Å². The molecule has 0 radical (unpaired) electrons. The lowest BCUT2D eigenvalue weighted by Crippen LogP contribution is -2.48. The van der Waals surface area contributed by atoms with Crippen molar-refractivity contribution in [1.29, 1.82) is 0 Å². The first-order valence-corrected chi connectivity index (χ1v) is 8.05. The van der Waals surface area contributed by atoms with E-state index in [1.807, 2.05) is 6.92 Å². The summed E-state index contributed by atoms with van der Waals surface area (Å²) in [5, 5.41) is 6.57. The van der Waals surface area contributed by atoms with E-state index in [2.05, 4.69) is 31.4 Å². The lowest BCUT2D eigenvalue weighted by Gasteiger charge is -2.21. The van der Waals surface area contributed by atoms with Crippen LogP contribution in [0.2, 0.25) is 0 Å². The Kier molecular flexibility index (Phi) is 7.44. The van der Waals surface area contributed by atoms with Crippen molar-refractivity contribution < 1.29 is 4.79 Å². The summed E-state index contributed by atoms with van der Waals surface area (Å²) in [4.78, 5) is 12.0. The molecule has 2 unspecified atom stereocenters. The second kappa shape index (κ2) is 8.57. The highest BCUT2D eigenvalue weighted by Gasteiger charge is 2.21. The van der Waals surface area contributed by atoms with Crippen LogP contribution in [0.4, 0.5) is 0 Å². The van der Waals surface area contributed by atoms with Crippen LogP contribution in [0, 0.1) is 5.92 Å². The van der Waals surface area contributed by atoms with Gasteiger partial charge >= 0.3 is 0 Å². The Morgan fingerprint density at radius 1 is 1.11 bits per heavy atom. The summed E-state index contributed by atoms with van der Waals surface area (Å²) in [6.07, 6.45) is 8.50. The Morgan fingerprint density at radius 2 is 1.74 bits per heavy atom. The number of rotatable bonds is 8. The lowest BCUT2D eigenvalue weighted by molar-refractivity contribution is -0.123. The number of carbonyl (C=O) groups is 1. The highest BCUT2D eigenvalue weighted by molar-refractivity contribution is 5.81. The monoisotopic (exact) mass is 268 g/mol. The van der Waals surface area contributed by atoms with Gasteiger partial charge in [-0.1, -0.05) is 39.5 Å².